The molecule has 0 N–H and O–H groups in total. The third-order valence-corrected chi connectivity index (χ3v) is 12.5. The van der Waals surface area contributed by atoms with Crippen LogP contribution in [0.25, 0.3) is 0 Å². The number of hydrogen-bond donors (Lipinski definition) is 0. The van der Waals surface area contributed by atoms with Gasteiger partial charge >= 0.3 is 0 Å². The van der Waals surface area contributed by atoms with Crippen LogP contribution in [0.2, 0.25) is 0 Å². The van der Waals surface area contributed by atoms with Crippen LogP contribution in [0.4, 0.5) is 65.9 Å². The van der Waals surface area contributed by atoms with Crippen molar-refractivity contribution in [1.82, 2.24) is 0 Å². The smallest absolute Gasteiger partial charge is 0.208 e. The first-order valence-electron chi connectivity index (χ1n) is 14.5. The first kappa shape index (κ1) is 39.4. The Hall–Kier alpha value is -3.00. The number of benzene rings is 3. The van der Waals surface area contributed by atoms with E-state index >= 15 is 26.3 Å². The van der Waals surface area contributed by atoms with E-state index in [0.29, 0.717) is 20.0 Å². The van der Waals surface area contributed by atoms with Gasteiger partial charge in [0.05, 0.1) is 0 Å². The highest BCUT2D eigenvalue weighted by molar-refractivity contribution is 7.96. The molecular weight excluding hydrogens is 704 g/mol. The van der Waals surface area contributed by atoms with E-state index in [1.54, 1.807) is 0 Å². The van der Waals surface area contributed by atoms with Crippen LogP contribution in [0.15, 0.2) is 0 Å². The number of hydrogen-bond acceptors (Lipinski definition) is 1. The summed E-state index contributed by atoms with van der Waals surface area (Å²) in [6.07, 6.45) is 4.21. The molecule has 1 nitrogen and oxygen atoms in total. The maximum absolute atomic E-state index is 15.7. The highest BCUT2D eigenvalue weighted by Crippen LogP contribution is 2.65. The Bertz CT molecular complexity index is 1410. The van der Waals surface area contributed by atoms with Crippen LogP contribution in [0.3, 0.4) is 0 Å². The number of halogens is 15. The molecule has 0 aliphatic carbocycles. The minimum Gasteiger partial charge on any atom is -0.346 e. The van der Waals surface area contributed by atoms with Gasteiger partial charge in [-0.2, -0.15) is 26.3 Å². The zero-order valence-electron chi connectivity index (χ0n) is 25.2. The summed E-state index contributed by atoms with van der Waals surface area (Å²) in [4.78, 5) is 0. The summed E-state index contributed by atoms with van der Waals surface area (Å²) in [5.74, 6) is -47.8. The molecule has 3 aromatic rings. The first-order chi connectivity index (χ1) is 22.5. The van der Waals surface area contributed by atoms with Crippen molar-refractivity contribution < 1.29 is 70.6 Å². The summed E-state index contributed by atoms with van der Waals surface area (Å²) in [6, 6.07) is 0. The number of unbranched alkanes of at least 4 members (excludes halogenated alkanes) is 8. The molecule has 0 radical (unpaired) electrons. The molecule has 0 bridgehead atoms. The maximum atomic E-state index is 15.7. The minimum absolute atomic E-state index is 0.0962. The van der Waals surface area contributed by atoms with Gasteiger partial charge in [-0.1, -0.05) is 58.3 Å². The highest BCUT2D eigenvalue weighted by Gasteiger charge is 2.65. The van der Waals surface area contributed by atoms with Gasteiger partial charge in [0.2, 0.25) is 87.3 Å². The van der Waals surface area contributed by atoms with Crippen molar-refractivity contribution in [1.29, 1.82) is 0 Å². The monoisotopic (exact) mass is 731 g/mol. The Kier molecular flexibility index (Phi) is 13.3. The van der Waals surface area contributed by atoms with E-state index < -0.39 is 123 Å². The van der Waals surface area contributed by atoms with Crippen molar-refractivity contribution in [2.75, 3.05) is 7.11 Å². The third-order valence-electron chi connectivity index (χ3n) is 7.88. The van der Waals surface area contributed by atoms with Gasteiger partial charge in [0.15, 0.2) is 29.0 Å². The molecule has 3 aromatic carbocycles. The van der Waals surface area contributed by atoms with Crippen LogP contribution in [0.5, 0.6) is 0 Å². The van der Waals surface area contributed by atoms with Gasteiger partial charge < -0.3 is 4.74 Å². The van der Waals surface area contributed by atoms with Gasteiger partial charge in [0.1, 0.15) is 0 Å². The molecule has 0 aliphatic rings. The standard InChI is InChI=1S/C31H27F15OP/c1-3-4-5-6-7-8-9-10-11-12-13(47-2)48(29-23(41)17(35)14(32)18(36)24(29)42,30-25(43)19(37)15(33)20(38)26(30)44)31-27(45)21(39)16(34)22(40)28(31)46/h13H,3-12H2,1-2H3/q+1. The molecule has 0 aliphatic heterocycles. The van der Waals surface area contributed by atoms with Crippen LogP contribution < -0.4 is 15.9 Å². The Morgan fingerprint density at radius 2 is 0.604 bits per heavy atom. The van der Waals surface area contributed by atoms with Crippen LogP contribution >= 0.6 is 7.26 Å². The molecule has 0 heterocycles. The fraction of sp³-hybridized carbons (Fsp3) is 0.419. The van der Waals surface area contributed by atoms with Gasteiger partial charge in [-0.15, -0.1) is 0 Å². The molecule has 0 saturated heterocycles. The third kappa shape index (κ3) is 6.75. The summed E-state index contributed by atoms with van der Waals surface area (Å²) in [6.45, 7) is 1.99. The van der Waals surface area contributed by atoms with Crippen LogP contribution in [-0.2, 0) is 4.74 Å². The molecule has 48 heavy (non-hydrogen) atoms. The molecule has 1 unspecified atom stereocenters. The Balaban J connectivity index is 2.53. The Labute approximate surface area is 265 Å². The summed E-state index contributed by atoms with van der Waals surface area (Å²) in [5.41, 5.74) is 0. The summed E-state index contributed by atoms with van der Waals surface area (Å²) in [7, 11) is -6.09. The fourth-order valence-electron chi connectivity index (χ4n) is 5.58. The van der Waals surface area contributed by atoms with Crippen LogP contribution in [0, 0.1) is 87.3 Å². The summed E-state index contributed by atoms with van der Waals surface area (Å²) < 4.78 is 230. The molecule has 0 fully saturated rings. The molecule has 0 aromatic heterocycles. The lowest BCUT2D eigenvalue weighted by Gasteiger charge is -2.34. The Morgan fingerprint density at radius 3 is 0.854 bits per heavy atom. The van der Waals surface area contributed by atoms with E-state index in [1.165, 1.54) is 0 Å². The molecule has 0 saturated carbocycles. The second-order valence-electron chi connectivity index (χ2n) is 10.8. The van der Waals surface area contributed by atoms with E-state index in [0.717, 1.165) is 32.1 Å². The number of rotatable bonds is 15. The van der Waals surface area contributed by atoms with Crippen molar-refractivity contribution >= 4 is 23.2 Å². The van der Waals surface area contributed by atoms with Gasteiger partial charge in [-0.25, -0.2) is 39.5 Å². The molecular formula is C31H27F15OP+. The predicted octanol–water partition coefficient (Wildman–Crippen LogP) is 9.96. The van der Waals surface area contributed by atoms with Crippen molar-refractivity contribution in [3.63, 3.8) is 0 Å². The molecule has 3 rings (SSSR count). The SMILES string of the molecule is CCCCCCCCCCCC(OC)[P+](c1c(F)c(F)c(F)c(F)c1F)(c1c(F)c(F)c(F)c(F)c1F)c1c(F)c(F)c(F)c(F)c1F. The van der Waals surface area contributed by atoms with Gasteiger partial charge in [0, 0.05) is 13.5 Å². The number of ether oxygens (including phenoxy) is 1. The van der Waals surface area contributed by atoms with E-state index in [9.17, 15) is 39.5 Å². The molecule has 0 spiro atoms. The van der Waals surface area contributed by atoms with Crippen molar-refractivity contribution in [2.45, 2.75) is 77.0 Å². The second-order valence-corrected chi connectivity index (χ2v) is 14.1. The van der Waals surface area contributed by atoms with Crippen molar-refractivity contribution in [3.8, 4) is 0 Å². The Morgan fingerprint density at radius 1 is 0.375 bits per heavy atom. The zero-order chi connectivity index (χ0) is 36.2. The average molecular weight is 732 g/mol. The molecule has 17 heteroatoms. The topological polar surface area (TPSA) is 9.23 Å². The predicted molar refractivity (Wildman–Crippen MR) is 147 cm³/mol. The van der Waals surface area contributed by atoms with Gasteiger partial charge in [0.25, 0.3) is 0 Å². The van der Waals surface area contributed by atoms with Gasteiger partial charge in [-0.05, 0) is 6.42 Å². The first-order valence-corrected chi connectivity index (χ1v) is 16.4. The number of methoxy groups -OCH3 is 1. The van der Waals surface area contributed by atoms with E-state index in [4.69, 9.17) is 4.74 Å². The van der Waals surface area contributed by atoms with Crippen LogP contribution in [-0.4, -0.2) is 13.0 Å². The lowest BCUT2D eigenvalue weighted by molar-refractivity contribution is 0.157. The normalized spacial score (nSPS) is 12.7. The minimum atomic E-state index is -6.60. The van der Waals surface area contributed by atoms with Crippen molar-refractivity contribution in [3.05, 3.63) is 87.3 Å². The molecule has 1 atom stereocenters. The highest BCUT2D eigenvalue weighted by atomic mass is 31.2. The molecule has 266 valence electrons. The summed E-state index contributed by atoms with van der Waals surface area (Å²) >= 11 is 0. The lowest BCUT2D eigenvalue weighted by atomic mass is 10.1. The maximum Gasteiger partial charge on any atom is 0.208 e. The van der Waals surface area contributed by atoms with E-state index in [1.807, 2.05) is 6.92 Å². The van der Waals surface area contributed by atoms with Crippen molar-refractivity contribution in [2.24, 2.45) is 0 Å². The fourth-order valence-corrected chi connectivity index (χ4v) is 10.4. The van der Waals surface area contributed by atoms with Gasteiger partial charge in [-0.3, -0.25) is 0 Å². The lowest BCUT2D eigenvalue weighted by Crippen LogP contribution is -2.48. The van der Waals surface area contributed by atoms with E-state index in [-0.39, 0.29) is 12.8 Å². The average Bonchev–Trinajstić information content (AvgIpc) is 3.07. The quantitative estimate of drug-likeness (QED) is 0.0498. The molecule has 0 amide bonds. The van der Waals surface area contributed by atoms with Crippen LogP contribution in [0.1, 0.15) is 71.1 Å². The van der Waals surface area contributed by atoms with E-state index in [2.05, 4.69) is 0 Å². The second kappa shape index (κ2) is 16.1. The summed E-state index contributed by atoms with van der Waals surface area (Å²) in [5, 5.41) is -7.81. The zero-order valence-corrected chi connectivity index (χ0v) is 26.1. The largest absolute Gasteiger partial charge is 0.346 e.